The van der Waals surface area contributed by atoms with Gasteiger partial charge in [0.1, 0.15) is 11.4 Å². The zero-order valence-electron chi connectivity index (χ0n) is 16.4. The summed E-state index contributed by atoms with van der Waals surface area (Å²) in [7, 11) is 0. The molecule has 3 aliphatic carbocycles. The minimum absolute atomic E-state index is 0.153. The van der Waals surface area contributed by atoms with Crippen molar-refractivity contribution < 1.29 is 34.7 Å². The second-order valence-electron chi connectivity index (χ2n) is 9.73. The zero-order valence-corrected chi connectivity index (χ0v) is 16.4. The Morgan fingerprint density at radius 3 is 2.41 bits per heavy atom. The standard InChI is InChI=1S/C20H28O7/c1-9-6-12(17(3,4)24)20(25)14-16(23)18(5,26-27-20)8-11-13(21)10(2)7-19(11,14)15(9)22/h8-10,12,14,16,23-25H,6-7H2,1-5H3/t9-,10+,12+,14-,16-,18-,19?,20+/m1/s1. The maximum absolute atomic E-state index is 13.6. The molecule has 1 spiro atoms. The molecule has 7 heteroatoms. The Morgan fingerprint density at radius 1 is 1.19 bits per heavy atom. The third-order valence-corrected chi connectivity index (χ3v) is 7.32. The van der Waals surface area contributed by atoms with Gasteiger partial charge in [-0.2, -0.15) is 4.89 Å². The topological polar surface area (TPSA) is 113 Å². The van der Waals surface area contributed by atoms with Gasteiger partial charge in [0.05, 0.1) is 23.0 Å². The molecule has 3 fully saturated rings. The summed E-state index contributed by atoms with van der Waals surface area (Å²) in [5.41, 5.74) is -3.79. The molecule has 27 heavy (non-hydrogen) atoms. The van der Waals surface area contributed by atoms with Crippen LogP contribution in [0.4, 0.5) is 0 Å². The van der Waals surface area contributed by atoms with Crippen molar-refractivity contribution in [3.63, 3.8) is 0 Å². The molecular weight excluding hydrogens is 352 g/mol. The smallest absolute Gasteiger partial charge is 0.211 e. The van der Waals surface area contributed by atoms with E-state index in [-0.39, 0.29) is 24.4 Å². The average Bonchev–Trinajstić information content (AvgIpc) is 2.75. The highest BCUT2D eigenvalue weighted by atomic mass is 17.2. The van der Waals surface area contributed by atoms with Crippen molar-refractivity contribution in [1.82, 2.24) is 0 Å². The second-order valence-corrected chi connectivity index (χ2v) is 9.73. The first-order valence-electron chi connectivity index (χ1n) is 9.60. The van der Waals surface area contributed by atoms with Gasteiger partial charge in [0.15, 0.2) is 5.78 Å². The van der Waals surface area contributed by atoms with E-state index in [9.17, 15) is 24.9 Å². The molecule has 0 radical (unpaired) electrons. The Kier molecular flexibility index (Phi) is 3.75. The Morgan fingerprint density at radius 2 is 1.81 bits per heavy atom. The SMILES string of the molecule is C[C@@H]1C[C@@H](C(C)(C)O)[C@]2(O)OO[C@]3(C)C=C4C(=O)[C@@H](C)CC4(C1=O)[C@H]2[C@H]3O. The Labute approximate surface area is 158 Å². The molecular formula is C20H28O7. The van der Waals surface area contributed by atoms with Crippen LogP contribution in [0.5, 0.6) is 0 Å². The van der Waals surface area contributed by atoms with Gasteiger partial charge in [0, 0.05) is 23.3 Å². The van der Waals surface area contributed by atoms with Crippen molar-refractivity contribution in [2.24, 2.45) is 29.1 Å². The van der Waals surface area contributed by atoms with Crippen LogP contribution in [0.2, 0.25) is 0 Å². The van der Waals surface area contributed by atoms with Crippen LogP contribution in [-0.4, -0.2) is 50.0 Å². The molecule has 8 atom stereocenters. The van der Waals surface area contributed by atoms with Crippen LogP contribution in [0.25, 0.3) is 0 Å². The number of ketones is 2. The van der Waals surface area contributed by atoms with Gasteiger partial charge in [-0.3, -0.25) is 9.59 Å². The van der Waals surface area contributed by atoms with Crippen molar-refractivity contribution in [3.8, 4) is 0 Å². The molecule has 0 aromatic carbocycles. The summed E-state index contributed by atoms with van der Waals surface area (Å²) in [6.45, 7) is 8.14. The molecule has 0 aromatic rings. The lowest BCUT2D eigenvalue weighted by atomic mass is 9.55. The quantitative estimate of drug-likeness (QED) is 0.579. The van der Waals surface area contributed by atoms with E-state index in [0.29, 0.717) is 5.57 Å². The number of aliphatic hydroxyl groups is 3. The van der Waals surface area contributed by atoms with Crippen LogP contribution in [0.1, 0.15) is 47.5 Å². The molecule has 2 bridgehead atoms. The summed E-state index contributed by atoms with van der Waals surface area (Å²) in [5, 5.41) is 33.6. The maximum atomic E-state index is 13.6. The zero-order chi connectivity index (χ0) is 20.2. The van der Waals surface area contributed by atoms with Gasteiger partial charge in [-0.15, -0.1) is 0 Å². The summed E-state index contributed by atoms with van der Waals surface area (Å²) >= 11 is 0. The van der Waals surface area contributed by atoms with Gasteiger partial charge in [0.25, 0.3) is 0 Å². The summed E-state index contributed by atoms with van der Waals surface area (Å²) in [6.07, 6.45) is 0.606. The Hall–Kier alpha value is -1.12. The van der Waals surface area contributed by atoms with E-state index >= 15 is 0 Å². The third-order valence-electron chi connectivity index (χ3n) is 7.32. The molecule has 1 saturated heterocycles. The predicted molar refractivity (Wildman–Crippen MR) is 92.9 cm³/mol. The number of aliphatic hydroxyl groups excluding tert-OH is 1. The minimum atomic E-state index is -2.11. The van der Waals surface area contributed by atoms with E-state index in [0.717, 1.165) is 0 Å². The van der Waals surface area contributed by atoms with Gasteiger partial charge < -0.3 is 15.3 Å². The highest BCUT2D eigenvalue weighted by Crippen LogP contribution is 2.65. The van der Waals surface area contributed by atoms with E-state index < -0.39 is 52.2 Å². The normalized spacial score (nSPS) is 52.3. The molecule has 2 saturated carbocycles. The third kappa shape index (κ3) is 2.15. The lowest BCUT2D eigenvalue weighted by molar-refractivity contribution is -0.530. The first-order chi connectivity index (χ1) is 12.3. The van der Waals surface area contributed by atoms with Crippen molar-refractivity contribution in [2.75, 3.05) is 0 Å². The number of rotatable bonds is 1. The fraction of sp³-hybridized carbons (Fsp3) is 0.800. The second kappa shape index (κ2) is 5.27. The molecule has 7 nitrogen and oxygen atoms in total. The van der Waals surface area contributed by atoms with Crippen LogP contribution in [0, 0.1) is 29.1 Å². The van der Waals surface area contributed by atoms with Crippen LogP contribution >= 0.6 is 0 Å². The molecule has 3 N–H and O–H groups in total. The Balaban J connectivity index is 2.05. The van der Waals surface area contributed by atoms with Crippen LogP contribution in [0.3, 0.4) is 0 Å². The first-order valence-corrected chi connectivity index (χ1v) is 9.60. The highest BCUT2D eigenvalue weighted by Gasteiger charge is 2.76. The lowest BCUT2D eigenvalue weighted by Gasteiger charge is -2.58. The van der Waals surface area contributed by atoms with Crippen molar-refractivity contribution in [1.29, 1.82) is 0 Å². The number of carbonyl (C=O) groups is 2. The van der Waals surface area contributed by atoms with Crippen LogP contribution < -0.4 is 0 Å². The fourth-order valence-corrected chi connectivity index (χ4v) is 6.02. The molecule has 1 aliphatic heterocycles. The summed E-state index contributed by atoms with van der Waals surface area (Å²) < 4.78 is 0. The van der Waals surface area contributed by atoms with Crippen molar-refractivity contribution in [3.05, 3.63) is 11.6 Å². The van der Waals surface area contributed by atoms with E-state index in [4.69, 9.17) is 9.78 Å². The molecule has 0 amide bonds. The van der Waals surface area contributed by atoms with Crippen LogP contribution in [-0.2, 0) is 19.4 Å². The Bertz CT molecular complexity index is 752. The van der Waals surface area contributed by atoms with Crippen molar-refractivity contribution in [2.45, 2.75) is 70.6 Å². The van der Waals surface area contributed by atoms with Gasteiger partial charge in [-0.25, -0.2) is 4.89 Å². The van der Waals surface area contributed by atoms with Gasteiger partial charge in [0.2, 0.25) is 5.79 Å². The average molecular weight is 380 g/mol. The first kappa shape index (κ1) is 19.2. The minimum Gasteiger partial charge on any atom is -0.390 e. The number of carbonyl (C=O) groups excluding carboxylic acids is 2. The summed E-state index contributed by atoms with van der Waals surface area (Å²) in [6, 6.07) is 0. The summed E-state index contributed by atoms with van der Waals surface area (Å²) in [5.74, 6) is -5.39. The molecule has 0 aromatic heterocycles. The van der Waals surface area contributed by atoms with Crippen LogP contribution in [0.15, 0.2) is 11.6 Å². The predicted octanol–water partition coefficient (Wildman–Crippen LogP) is 0.904. The molecule has 4 aliphatic rings. The van der Waals surface area contributed by atoms with E-state index in [2.05, 4.69) is 0 Å². The molecule has 1 heterocycles. The molecule has 4 rings (SSSR count). The lowest BCUT2D eigenvalue weighted by Crippen LogP contribution is -2.71. The number of hydrogen-bond donors (Lipinski definition) is 3. The van der Waals surface area contributed by atoms with E-state index in [1.165, 1.54) is 19.9 Å². The highest BCUT2D eigenvalue weighted by molar-refractivity contribution is 6.10. The van der Waals surface area contributed by atoms with Gasteiger partial charge >= 0.3 is 0 Å². The summed E-state index contributed by atoms with van der Waals surface area (Å²) in [4.78, 5) is 37.5. The maximum Gasteiger partial charge on any atom is 0.211 e. The largest absolute Gasteiger partial charge is 0.390 e. The van der Waals surface area contributed by atoms with Crippen molar-refractivity contribution >= 4 is 11.6 Å². The molecule has 150 valence electrons. The number of hydrogen-bond acceptors (Lipinski definition) is 7. The number of Topliss-reactive ketones (excluding diaryl/α,β-unsaturated/α-hetero) is 2. The van der Waals surface area contributed by atoms with E-state index in [1.54, 1.807) is 20.8 Å². The number of allylic oxidation sites excluding steroid dienone is 1. The monoisotopic (exact) mass is 380 g/mol. The van der Waals surface area contributed by atoms with Gasteiger partial charge in [-0.1, -0.05) is 13.8 Å². The van der Waals surface area contributed by atoms with E-state index in [1.807, 2.05) is 0 Å². The molecule has 1 unspecified atom stereocenters. The van der Waals surface area contributed by atoms with Gasteiger partial charge in [-0.05, 0) is 39.7 Å². The fourth-order valence-electron chi connectivity index (χ4n) is 6.02. The number of fused-ring (bicyclic) bond motifs is 1.